The second-order valence-electron chi connectivity index (χ2n) is 5.34. The van der Waals surface area contributed by atoms with Gasteiger partial charge in [-0.3, -0.25) is 9.69 Å². The average molecular weight is 316 g/mol. The van der Waals surface area contributed by atoms with E-state index in [-0.39, 0.29) is 18.4 Å². The number of aromatic nitrogens is 4. The van der Waals surface area contributed by atoms with Crippen molar-refractivity contribution in [2.24, 2.45) is 0 Å². The Balaban J connectivity index is 1.69. The highest BCUT2D eigenvalue weighted by molar-refractivity contribution is 5.86. The lowest BCUT2D eigenvalue weighted by molar-refractivity contribution is -0.125. The highest BCUT2D eigenvalue weighted by Gasteiger charge is 2.40. The number of carbonyl (C=O) groups excluding carboxylic acids is 1. The fourth-order valence-electron chi connectivity index (χ4n) is 2.80. The van der Waals surface area contributed by atoms with E-state index in [1.165, 1.54) is 4.90 Å². The molecule has 0 saturated carbocycles. The van der Waals surface area contributed by atoms with Crippen LogP contribution in [0.2, 0.25) is 0 Å². The highest BCUT2D eigenvalue weighted by atomic mass is 16.4. The first-order chi connectivity index (χ1) is 11.1. The number of benzene rings is 1. The standard InChI is InChI=1S/C14H16N6O3/c21-13(15-7-12-16-18-19-17-12)11-6-10(8-20(11)14(22)23)9-4-2-1-3-5-9/h1-5,10-11H,6-8H2,(H,15,21)(H,22,23)(H,16,17,18,19). The van der Waals surface area contributed by atoms with Crippen molar-refractivity contribution < 1.29 is 14.7 Å². The van der Waals surface area contributed by atoms with Gasteiger partial charge in [0.2, 0.25) is 5.91 Å². The molecule has 2 heterocycles. The summed E-state index contributed by atoms with van der Waals surface area (Å²) in [7, 11) is 0. The van der Waals surface area contributed by atoms with E-state index in [9.17, 15) is 14.7 Å². The number of nitrogens with zero attached hydrogens (tertiary/aromatic N) is 4. The zero-order chi connectivity index (χ0) is 16.2. The molecule has 120 valence electrons. The Labute approximate surface area is 131 Å². The Hall–Kier alpha value is -2.97. The Morgan fingerprint density at radius 3 is 2.78 bits per heavy atom. The Morgan fingerprint density at radius 1 is 1.35 bits per heavy atom. The van der Waals surface area contributed by atoms with Crippen LogP contribution in [0.15, 0.2) is 30.3 Å². The smallest absolute Gasteiger partial charge is 0.408 e. The van der Waals surface area contributed by atoms with Crippen LogP contribution in [0.5, 0.6) is 0 Å². The molecule has 2 amide bonds. The summed E-state index contributed by atoms with van der Waals surface area (Å²) in [5.41, 5.74) is 1.03. The molecule has 3 N–H and O–H groups in total. The third kappa shape index (κ3) is 3.28. The number of tetrazole rings is 1. The minimum Gasteiger partial charge on any atom is -0.465 e. The summed E-state index contributed by atoms with van der Waals surface area (Å²) in [5.74, 6) is 0.00156. The molecule has 0 radical (unpaired) electrons. The molecule has 1 aliphatic heterocycles. The van der Waals surface area contributed by atoms with Crippen LogP contribution in [-0.2, 0) is 11.3 Å². The maximum absolute atomic E-state index is 12.3. The van der Waals surface area contributed by atoms with E-state index >= 15 is 0 Å². The van der Waals surface area contributed by atoms with Gasteiger partial charge in [-0.15, -0.1) is 10.2 Å². The maximum Gasteiger partial charge on any atom is 0.408 e. The number of H-pyrrole nitrogens is 1. The summed E-state index contributed by atoms with van der Waals surface area (Å²) >= 11 is 0. The molecule has 0 aliphatic carbocycles. The van der Waals surface area contributed by atoms with E-state index in [0.717, 1.165) is 5.56 Å². The van der Waals surface area contributed by atoms with Gasteiger partial charge in [-0.25, -0.2) is 4.79 Å². The third-order valence-corrected chi connectivity index (χ3v) is 3.93. The fourth-order valence-corrected chi connectivity index (χ4v) is 2.80. The maximum atomic E-state index is 12.3. The number of hydrogen-bond acceptors (Lipinski definition) is 5. The molecule has 9 heteroatoms. The molecule has 0 bridgehead atoms. The molecule has 2 atom stereocenters. The Morgan fingerprint density at radius 2 is 2.13 bits per heavy atom. The zero-order valence-electron chi connectivity index (χ0n) is 12.2. The van der Waals surface area contributed by atoms with Gasteiger partial charge in [-0.2, -0.15) is 5.21 Å². The molecule has 2 aromatic rings. The molecule has 1 fully saturated rings. The van der Waals surface area contributed by atoms with Gasteiger partial charge in [0.15, 0.2) is 5.82 Å². The molecule has 2 unspecified atom stereocenters. The van der Waals surface area contributed by atoms with Crippen LogP contribution in [0.25, 0.3) is 0 Å². The molecule has 9 nitrogen and oxygen atoms in total. The van der Waals surface area contributed by atoms with E-state index in [4.69, 9.17) is 0 Å². The normalized spacial score (nSPS) is 20.4. The third-order valence-electron chi connectivity index (χ3n) is 3.93. The first kappa shape index (κ1) is 14.9. The molecule has 23 heavy (non-hydrogen) atoms. The van der Waals surface area contributed by atoms with Crippen molar-refractivity contribution in [2.45, 2.75) is 24.9 Å². The number of aromatic amines is 1. The van der Waals surface area contributed by atoms with Crippen LogP contribution in [0.3, 0.4) is 0 Å². The van der Waals surface area contributed by atoms with E-state index in [1.807, 2.05) is 30.3 Å². The number of carbonyl (C=O) groups is 2. The lowest BCUT2D eigenvalue weighted by Gasteiger charge is -2.20. The molecule has 0 spiro atoms. The number of rotatable bonds is 4. The first-order valence-corrected chi connectivity index (χ1v) is 7.19. The summed E-state index contributed by atoms with van der Waals surface area (Å²) in [6.45, 7) is 0.412. The van der Waals surface area contributed by atoms with Gasteiger partial charge < -0.3 is 10.4 Å². The van der Waals surface area contributed by atoms with Crippen LogP contribution in [0.1, 0.15) is 23.7 Å². The van der Waals surface area contributed by atoms with Gasteiger partial charge in [-0.1, -0.05) is 35.5 Å². The largest absolute Gasteiger partial charge is 0.465 e. The summed E-state index contributed by atoms with van der Waals surface area (Å²) in [6.07, 6.45) is -0.642. The summed E-state index contributed by atoms with van der Waals surface area (Å²) in [6, 6.07) is 8.90. The van der Waals surface area contributed by atoms with Crippen molar-refractivity contribution in [3.63, 3.8) is 0 Å². The number of nitrogens with one attached hydrogen (secondary N) is 2. The van der Waals surface area contributed by atoms with Crippen molar-refractivity contribution in [3.8, 4) is 0 Å². The van der Waals surface area contributed by atoms with E-state index in [2.05, 4.69) is 25.9 Å². The molecule has 1 aromatic heterocycles. The van der Waals surface area contributed by atoms with Crippen LogP contribution >= 0.6 is 0 Å². The highest BCUT2D eigenvalue weighted by Crippen LogP contribution is 2.31. The molecule has 3 rings (SSSR count). The topological polar surface area (TPSA) is 124 Å². The van der Waals surface area contributed by atoms with Crippen LogP contribution < -0.4 is 5.32 Å². The summed E-state index contributed by atoms with van der Waals surface area (Å²) < 4.78 is 0. The van der Waals surface area contributed by atoms with Gasteiger partial charge in [0.05, 0.1) is 6.54 Å². The minimum absolute atomic E-state index is 0.00762. The van der Waals surface area contributed by atoms with Gasteiger partial charge >= 0.3 is 6.09 Å². The number of carboxylic acid groups (broad SMARTS) is 1. The van der Waals surface area contributed by atoms with Gasteiger partial charge in [0.1, 0.15) is 6.04 Å². The predicted octanol–water partition coefficient (Wildman–Crippen LogP) is 0.352. The van der Waals surface area contributed by atoms with Crippen molar-refractivity contribution in [1.29, 1.82) is 0 Å². The summed E-state index contributed by atoms with van der Waals surface area (Å²) in [4.78, 5) is 24.9. The van der Waals surface area contributed by atoms with Gasteiger partial charge in [-0.05, 0) is 12.0 Å². The SMILES string of the molecule is O=C(NCc1nn[nH]n1)C1CC(c2ccccc2)CN1C(=O)O. The number of hydrogen-bond donors (Lipinski definition) is 3. The van der Waals surface area contributed by atoms with E-state index in [1.54, 1.807) is 0 Å². The van der Waals surface area contributed by atoms with Crippen molar-refractivity contribution in [3.05, 3.63) is 41.7 Å². The Kier molecular flexibility index (Phi) is 4.18. The van der Waals surface area contributed by atoms with Crippen molar-refractivity contribution >= 4 is 12.0 Å². The second kappa shape index (κ2) is 6.42. The fraction of sp³-hybridized carbons (Fsp3) is 0.357. The second-order valence-corrected chi connectivity index (χ2v) is 5.34. The number of amides is 2. The monoisotopic (exact) mass is 316 g/mol. The molecular weight excluding hydrogens is 300 g/mol. The van der Waals surface area contributed by atoms with Crippen molar-refractivity contribution in [1.82, 2.24) is 30.8 Å². The minimum atomic E-state index is -1.09. The lowest BCUT2D eigenvalue weighted by Crippen LogP contribution is -2.45. The van der Waals surface area contributed by atoms with Crippen LogP contribution in [0, 0.1) is 0 Å². The summed E-state index contributed by atoms with van der Waals surface area (Å²) in [5, 5.41) is 25.2. The average Bonchev–Trinajstić information content (AvgIpc) is 3.23. The van der Waals surface area contributed by atoms with Crippen LogP contribution in [0.4, 0.5) is 4.79 Å². The Bertz CT molecular complexity index is 675. The quantitative estimate of drug-likeness (QED) is 0.747. The first-order valence-electron chi connectivity index (χ1n) is 7.19. The van der Waals surface area contributed by atoms with Gasteiger partial charge in [0, 0.05) is 12.5 Å². The molecular formula is C14H16N6O3. The molecule has 1 aromatic carbocycles. The number of likely N-dealkylation sites (tertiary alicyclic amines) is 1. The van der Waals surface area contributed by atoms with E-state index < -0.39 is 12.1 Å². The van der Waals surface area contributed by atoms with Crippen LogP contribution in [-0.4, -0.2) is 55.2 Å². The lowest BCUT2D eigenvalue weighted by atomic mass is 9.96. The zero-order valence-corrected chi connectivity index (χ0v) is 12.2. The van der Waals surface area contributed by atoms with Gasteiger partial charge in [0.25, 0.3) is 0 Å². The molecule has 1 aliphatic rings. The molecule has 1 saturated heterocycles. The van der Waals surface area contributed by atoms with Crippen molar-refractivity contribution in [2.75, 3.05) is 6.54 Å². The predicted molar refractivity (Wildman–Crippen MR) is 78.3 cm³/mol. The van der Waals surface area contributed by atoms with E-state index in [0.29, 0.717) is 18.8 Å².